The van der Waals surface area contributed by atoms with E-state index in [1.165, 1.54) is 0 Å². The van der Waals surface area contributed by atoms with Gasteiger partial charge in [0.25, 0.3) is 0 Å². The van der Waals surface area contributed by atoms with Gasteiger partial charge in [-0.1, -0.05) is 30.3 Å². The topological polar surface area (TPSA) is 91.9 Å². The maximum Gasteiger partial charge on any atom is 0.234 e. The highest BCUT2D eigenvalue weighted by Gasteiger charge is 2.10. The van der Waals surface area contributed by atoms with Crippen molar-refractivity contribution in [2.75, 3.05) is 26.8 Å². The van der Waals surface area contributed by atoms with Crippen LogP contribution in [0, 0.1) is 0 Å². The Morgan fingerprint density at radius 3 is 2.86 bits per heavy atom. The largest absolute Gasteiger partial charge is 0.383 e. The van der Waals surface area contributed by atoms with Crippen LogP contribution in [0.5, 0.6) is 0 Å². The quantitative estimate of drug-likeness (QED) is 0.609. The number of aromatic nitrogens is 3. The fourth-order valence-electron chi connectivity index (χ4n) is 1.85. The fourth-order valence-corrected chi connectivity index (χ4v) is 1.85. The normalized spacial score (nSPS) is 10.5. The first-order valence-corrected chi connectivity index (χ1v) is 6.72. The number of aromatic amines is 1. The molecule has 7 heteroatoms. The van der Waals surface area contributed by atoms with Crippen LogP contribution in [0.2, 0.25) is 0 Å². The average Bonchev–Trinajstić information content (AvgIpc) is 2.97. The van der Waals surface area contributed by atoms with Crippen molar-refractivity contribution in [2.45, 2.75) is 6.54 Å². The average molecular weight is 289 g/mol. The van der Waals surface area contributed by atoms with Crippen LogP contribution in [0.3, 0.4) is 0 Å². The van der Waals surface area contributed by atoms with Gasteiger partial charge in [0.15, 0.2) is 0 Å². The van der Waals surface area contributed by atoms with E-state index in [-0.39, 0.29) is 12.5 Å². The van der Waals surface area contributed by atoms with Crippen LogP contribution in [0.4, 0.5) is 0 Å². The molecule has 3 N–H and O–H groups in total. The second kappa shape index (κ2) is 8.13. The fraction of sp³-hybridized carbons (Fsp3) is 0.357. The molecule has 0 aliphatic carbocycles. The first-order valence-electron chi connectivity index (χ1n) is 6.72. The third-order valence-electron chi connectivity index (χ3n) is 2.87. The molecule has 0 atom stereocenters. The van der Waals surface area contributed by atoms with Crippen LogP contribution in [0.25, 0.3) is 11.3 Å². The number of rotatable bonds is 8. The predicted molar refractivity (Wildman–Crippen MR) is 78.4 cm³/mol. The molecule has 0 unspecified atom stereocenters. The van der Waals surface area contributed by atoms with Gasteiger partial charge in [0.1, 0.15) is 11.4 Å². The molecule has 1 heterocycles. The van der Waals surface area contributed by atoms with E-state index >= 15 is 0 Å². The molecule has 2 rings (SSSR count). The molecule has 1 aromatic heterocycles. The zero-order chi connectivity index (χ0) is 14.9. The maximum atomic E-state index is 11.5. The van der Waals surface area contributed by atoms with Crippen LogP contribution in [0.15, 0.2) is 30.3 Å². The summed E-state index contributed by atoms with van der Waals surface area (Å²) in [7, 11) is 1.60. The molecule has 112 valence electrons. The van der Waals surface area contributed by atoms with Crippen LogP contribution < -0.4 is 10.6 Å². The Balaban J connectivity index is 1.82. The number of nitrogens with one attached hydrogen (secondary N) is 3. The van der Waals surface area contributed by atoms with Crippen molar-refractivity contribution in [1.29, 1.82) is 0 Å². The van der Waals surface area contributed by atoms with Gasteiger partial charge < -0.3 is 15.4 Å². The van der Waals surface area contributed by atoms with E-state index in [9.17, 15) is 4.79 Å². The van der Waals surface area contributed by atoms with Gasteiger partial charge in [0.05, 0.1) is 13.2 Å². The summed E-state index contributed by atoms with van der Waals surface area (Å²) in [5, 5.41) is 16.7. The molecule has 0 aliphatic rings. The number of hydrogen-bond donors (Lipinski definition) is 3. The molecule has 21 heavy (non-hydrogen) atoms. The molecule has 0 aliphatic heterocycles. The van der Waals surface area contributed by atoms with Crippen LogP contribution in [-0.4, -0.2) is 48.1 Å². The van der Waals surface area contributed by atoms with Crippen LogP contribution in [0.1, 0.15) is 5.69 Å². The summed E-state index contributed by atoms with van der Waals surface area (Å²) in [6, 6.07) is 9.79. The Morgan fingerprint density at radius 2 is 2.10 bits per heavy atom. The van der Waals surface area contributed by atoms with E-state index in [1.54, 1.807) is 7.11 Å². The Morgan fingerprint density at radius 1 is 1.29 bits per heavy atom. The minimum absolute atomic E-state index is 0.0724. The first kappa shape index (κ1) is 15.1. The van der Waals surface area contributed by atoms with E-state index in [0.29, 0.717) is 19.7 Å². The Kier molecular flexibility index (Phi) is 5.86. The number of hydrogen-bond acceptors (Lipinski definition) is 5. The highest BCUT2D eigenvalue weighted by Crippen LogP contribution is 2.18. The minimum atomic E-state index is -0.0724. The van der Waals surface area contributed by atoms with Crippen LogP contribution >= 0.6 is 0 Å². The summed E-state index contributed by atoms with van der Waals surface area (Å²) in [6.45, 7) is 1.71. The lowest BCUT2D eigenvalue weighted by Crippen LogP contribution is -2.35. The molecule has 2 aromatic rings. The maximum absolute atomic E-state index is 11.5. The first-order chi connectivity index (χ1) is 10.3. The molecule has 0 saturated heterocycles. The molecular formula is C14H19N5O2. The number of ether oxygens (including phenoxy) is 1. The van der Waals surface area contributed by atoms with E-state index in [4.69, 9.17) is 4.74 Å². The van der Waals surface area contributed by atoms with Gasteiger partial charge in [-0.15, -0.1) is 0 Å². The monoisotopic (exact) mass is 289 g/mol. The van der Waals surface area contributed by atoms with Crippen molar-refractivity contribution < 1.29 is 9.53 Å². The van der Waals surface area contributed by atoms with Gasteiger partial charge >= 0.3 is 0 Å². The van der Waals surface area contributed by atoms with Gasteiger partial charge in [-0.25, -0.2) is 0 Å². The molecule has 0 spiro atoms. The van der Waals surface area contributed by atoms with E-state index < -0.39 is 0 Å². The lowest BCUT2D eigenvalue weighted by atomic mass is 10.1. The highest BCUT2D eigenvalue weighted by molar-refractivity contribution is 5.77. The number of benzene rings is 1. The summed E-state index contributed by atoms with van der Waals surface area (Å²) in [5.41, 5.74) is 2.57. The Hall–Kier alpha value is -2.25. The molecule has 1 aromatic carbocycles. The second-order valence-corrected chi connectivity index (χ2v) is 4.43. The SMILES string of the molecule is COCCNC(=O)CNCc1n[nH]nc1-c1ccccc1. The highest BCUT2D eigenvalue weighted by atomic mass is 16.5. The zero-order valence-corrected chi connectivity index (χ0v) is 11.9. The standard InChI is InChI=1S/C14H19N5O2/c1-21-8-7-16-13(20)10-15-9-12-14(18-19-17-12)11-5-3-2-4-6-11/h2-6,15H,7-10H2,1H3,(H,16,20)(H,17,18,19). The van der Waals surface area contributed by atoms with Crippen LogP contribution in [-0.2, 0) is 16.1 Å². The number of H-pyrrole nitrogens is 1. The molecule has 0 saturated carbocycles. The Labute approximate surface area is 123 Å². The van der Waals surface area contributed by atoms with Gasteiger partial charge in [-0.3, -0.25) is 4.79 Å². The lowest BCUT2D eigenvalue weighted by Gasteiger charge is -2.06. The number of methoxy groups -OCH3 is 1. The third kappa shape index (κ3) is 4.66. The van der Waals surface area contributed by atoms with Gasteiger partial charge in [-0.2, -0.15) is 15.4 Å². The van der Waals surface area contributed by atoms with Crippen molar-refractivity contribution in [3.63, 3.8) is 0 Å². The van der Waals surface area contributed by atoms with Gasteiger partial charge in [0, 0.05) is 25.8 Å². The second-order valence-electron chi connectivity index (χ2n) is 4.43. The number of carbonyl (C=O) groups is 1. The van der Waals surface area contributed by atoms with Crippen molar-refractivity contribution in [1.82, 2.24) is 26.0 Å². The van der Waals surface area contributed by atoms with Crippen molar-refractivity contribution in [3.8, 4) is 11.3 Å². The summed E-state index contributed by atoms with van der Waals surface area (Å²) in [4.78, 5) is 11.5. The van der Waals surface area contributed by atoms with E-state index in [1.807, 2.05) is 30.3 Å². The van der Waals surface area contributed by atoms with Crippen molar-refractivity contribution in [3.05, 3.63) is 36.0 Å². The van der Waals surface area contributed by atoms with E-state index in [2.05, 4.69) is 26.0 Å². The van der Waals surface area contributed by atoms with Gasteiger partial charge in [-0.05, 0) is 0 Å². The molecule has 1 amide bonds. The zero-order valence-electron chi connectivity index (χ0n) is 11.9. The predicted octanol–water partition coefficient (Wildman–Crippen LogP) is 0.324. The molecular weight excluding hydrogens is 270 g/mol. The van der Waals surface area contributed by atoms with Gasteiger partial charge in [0.2, 0.25) is 5.91 Å². The summed E-state index contributed by atoms with van der Waals surface area (Å²) in [5.74, 6) is -0.0724. The van der Waals surface area contributed by atoms with Crippen molar-refractivity contribution in [2.24, 2.45) is 0 Å². The minimum Gasteiger partial charge on any atom is -0.383 e. The molecule has 7 nitrogen and oxygen atoms in total. The van der Waals surface area contributed by atoms with Crippen molar-refractivity contribution >= 4 is 5.91 Å². The summed E-state index contributed by atoms with van der Waals surface area (Å²) < 4.78 is 4.86. The molecule has 0 radical (unpaired) electrons. The lowest BCUT2D eigenvalue weighted by molar-refractivity contribution is -0.120. The molecule has 0 bridgehead atoms. The van der Waals surface area contributed by atoms with E-state index in [0.717, 1.165) is 17.0 Å². The number of carbonyl (C=O) groups excluding carboxylic acids is 1. The smallest absolute Gasteiger partial charge is 0.234 e. The number of amides is 1. The molecule has 0 fully saturated rings. The number of nitrogens with zero attached hydrogens (tertiary/aromatic N) is 2. The third-order valence-corrected chi connectivity index (χ3v) is 2.87. The Bertz CT molecular complexity index is 556. The summed E-state index contributed by atoms with van der Waals surface area (Å²) >= 11 is 0. The summed E-state index contributed by atoms with van der Waals surface area (Å²) in [6.07, 6.45) is 0.